The van der Waals surface area contributed by atoms with Crippen molar-refractivity contribution in [3.8, 4) is 0 Å². The summed E-state index contributed by atoms with van der Waals surface area (Å²) in [7, 11) is 1.82. The second kappa shape index (κ2) is 6.66. The zero-order valence-corrected chi connectivity index (χ0v) is 12.7. The number of hydrogen-bond acceptors (Lipinski definition) is 3. The number of nitrogens with one attached hydrogen (secondary N) is 1. The Morgan fingerprint density at radius 3 is 2.63 bits per heavy atom. The number of anilines is 2. The van der Waals surface area contributed by atoms with Gasteiger partial charge in [-0.25, -0.2) is 0 Å². The van der Waals surface area contributed by atoms with Crippen LogP contribution in [-0.4, -0.2) is 25.5 Å². The van der Waals surface area contributed by atoms with Gasteiger partial charge in [-0.15, -0.1) is 0 Å². The standard InChI is InChI=1S/C14H22ClN3O/c1-9(2)10(3)17-14(19)8-18(4)13-7-11(15)5-6-12(13)16/h5-7,9-10H,8,16H2,1-4H3,(H,17,19). The smallest absolute Gasteiger partial charge is 0.239 e. The van der Waals surface area contributed by atoms with Crippen LogP contribution in [0.2, 0.25) is 5.02 Å². The number of carbonyl (C=O) groups is 1. The van der Waals surface area contributed by atoms with Crippen LogP contribution in [0.25, 0.3) is 0 Å². The van der Waals surface area contributed by atoms with Crippen LogP contribution in [0.3, 0.4) is 0 Å². The lowest BCUT2D eigenvalue weighted by molar-refractivity contribution is -0.120. The molecule has 1 amide bonds. The fourth-order valence-corrected chi connectivity index (χ4v) is 1.78. The van der Waals surface area contributed by atoms with E-state index in [-0.39, 0.29) is 18.5 Å². The van der Waals surface area contributed by atoms with Crippen LogP contribution >= 0.6 is 11.6 Å². The number of amides is 1. The predicted octanol–water partition coefficient (Wildman–Crippen LogP) is 2.52. The Hall–Kier alpha value is -1.42. The van der Waals surface area contributed by atoms with E-state index in [1.54, 1.807) is 23.1 Å². The summed E-state index contributed by atoms with van der Waals surface area (Å²) in [6.07, 6.45) is 0. The molecule has 0 aromatic heterocycles. The van der Waals surface area contributed by atoms with Crippen molar-refractivity contribution in [2.45, 2.75) is 26.8 Å². The summed E-state index contributed by atoms with van der Waals surface area (Å²) in [5.74, 6) is 0.383. The number of hydrogen-bond donors (Lipinski definition) is 2. The third-order valence-corrected chi connectivity index (χ3v) is 3.41. The van der Waals surface area contributed by atoms with Gasteiger partial charge in [0, 0.05) is 18.1 Å². The highest BCUT2D eigenvalue weighted by atomic mass is 35.5. The first kappa shape index (κ1) is 15.6. The molecule has 1 rings (SSSR count). The molecule has 1 unspecified atom stereocenters. The fraction of sp³-hybridized carbons (Fsp3) is 0.500. The summed E-state index contributed by atoms with van der Waals surface area (Å²) in [6.45, 7) is 6.39. The minimum absolute atomic E-state index is 0.0249. The van der Waals surface area contributed by atoms with Crippen LogP contribution in [0, 0.1) is 5.92 Å². The predicted molar refractivity (Wildman–Crippen MR) is 81.6 cm³/mol. The summed E-state index contributed by atoms with van der Waals surface area (Å²) in [5.41, 5.74) is 7.26. The summed E-state index contributed by atoms with van der Waals surface area (Å²) >= 11 is 5.94. The van der Waals surface area contributed by atoms with Crippen LogP contribution in [0.4, 0.5) is 11.4 Å². The van der Waals surface area contributed by atoms with E-state index in [2.05, 4.69) is 19.2 Å². The van der Waals surface area contributed by atoms with E-state index in [1.165, 1.54) is 0 Å². The second-order valence-electron chi connectivity index (χ2n) is 5.16. The van der Waals surface area contributed by atoms with Gasteiger partial charge in [0.05, 0.1) is 17.9 Å². The maximum atomic E-state index is 11.9. The number of carbonyl (C=O) groups excluding carboxylic acids is 1. The van der Waals surface area contributed by atoms with E-state index in [0.717, 1.165) is 5.69 Å². The van der Waals surface area contributed by atoms with Gasteiger partial charge in [0.2, 0.25) is 5.91 Å². The summed E-state index contributed by atoms with van der Waals surface area (Å²) < 4.78 is 0. The summed E-state index contributed by atoms with van der Waals surface area (Å²) in [4.78, 5) is 13.7. The number of halogens is 1. The Labute approximate surface area is 119 Å². The molecule has 4 nitrogen and oxygen atoms in total. The highest BCUT2D eigenvalue weighted by Gasteiger charge is 2.14. The van der Waals surface area contributed by atoms with E-state index in [4.69, 9.17) is 17.3 Å². The number of nitrogen functional groups attached to an aromatic ring is 1. The topological polar surface area (TPSA) is 58.4 Å². The van der Waals surface area contributed by atoms with E-state index < -0.39 is 0 Å². The minimum atomic E-state index is -0.0249. The van der Waals surface area contributed by atoms with Crippen molar-refractivity contribution in [1.82, 2.24) is 5.32 Å². The molecule has 0 aliphatic heterocycles. The van der Waals surface area contributed by atoms with Crippen LogP contribution < -0.4 is 16.0 Å². The molecule has 106 valence electrons. The highest BCUT2D eigenvalue weighted by Crippen LogP contribution is 2.25. The third-order valence-electron chi connectivity index (χ3n) is 3.17. The lowest BCUT2D eigenvalue weighted by atomic mass is 10.1. The molecule has 1 atom stereocenters. The molecule has 0 fully saturated rings. The van der Waals surface area contributed by atoms with Gasteiger partial charge in [-0.1, -0.05) is 25.4 Å². The molecule has 0 aliphatic carbocycles. The number of benzene rings is 1. The van der Waals surface area contributed by atoms with Crippen molar-refractivity contribution < 1.29 is 4.79 Å². The summed E-state index contributed by atoms with van der Waals surface area (Å²) in [6, 6.07) is 5.38. The fourth-order valence-electron chi connectivity index (χ4n) is 1.61. The molecule has 0 saturated heterocycles. The average Bonchev–Trinajstić information content (AvgIpc) is 2.31. The Morgan fingerprint density at radius 1 is 1.42 bits per heavy atom. The zero-order valence-electron chi connectivity index (χ0n) is 11.9. The Kier molecular flexibility index (Phi) is 5.48. The quantitative estimate of drug-likeness (QED) is 0.817. The minimum Gasteiger partial charge on any atom is -0.397 e. The van der Waals surface area contributed by atoms with Gasteiger partial charge in [-0.2, -0.15) is 0 Å². The maximum absolute atomic E-state index is 11.9. The van der Waals surface area contributed by atoms with E-state index >= 15 is 0 Å². The number of likely N-dealkylation sites (N-methyl/N-ethyl adjacent to an activating group) is 1. The monoisotopic (exact) mass is 283 g/mol. The highest BCUT2D eigenvalue weighted by molar-refractivity contribution is 6.31. The normalized spacial score (nSPS) is 12.3. The van der Waals surface area contributed by atoms with E-state index in [0.29, 0.717) is 16.6 Å². The van der Waals surface area contributed by atoms with Crippen LogP contribution in [-0.2, 0) is 4.79 Å². The molecule has 0 radical (unpaired) electrons. The molecule has 5 heteroatoms. The molecule has 0 bridgehead atoms. The molecule has 1 aromatic carbocycles. The van der Waals surface area contributed by atoms with Gasteiger partial charge in [0.15, 0.2) is 0 Å². The first-order chi connectivity index (χ1) is 8.81. The largest absolute Gasteiger partial charge is 0.397 e. The van der Waals surface area contributed by atoms with Gasteiger partial charge < -0.3 is 16.0 Å². The van der Waals surface area contributed by atoms with Crippen molar-refractivity contribution >= 4 is 28.9 Å². The molecular formula is C14H22ClN3O. The van der Waals surface area contributed by atoms with Gasteiger partial charge in [-0.05, 0) is 31.0 Å². The molecule has 19 heavy (non-hydrogen) atoms. The SMILES string of the molecule is CC(C)C(C)NC(=O)CN(C)c1cc(Cl)ccc1N. The first-order valence-corrected chi connectivity index (χ1v) is 6.74. The van der Waals surface area contributed by atoms with Crippen molar-refractivity contribution in [3.05, 3.63) is 23.2 Å². The van der Waals surface area contributed by atoms with Gasteiger partial charge in [0.1, 0.15) is 0 Å². The Bertz CT molecular complexity index is 448. The summed E-state index contributed by atoms with van der Waals surface area (Å²) in [5, 5.41) is 3.56. The lowest BCUT2D eigenvalue weighted by Crippen LogP contribution is -2.42. The third kappa shape index (κ3) is 4.63. The molecule has 0 saturated carbocycles. The molecule has 1 aromatic rings. The second-order valence-corrected chi connectivity index (χ2v) is 5.60. The van der Waals surface area contributed by atoms with Crippen LogP contribution in [0.1, 0.15) is 20.8 Å². The first-order valence-electron chi connectivity index (χ1n) is 6.36. The molecule has 0 aliphatic rings. The maximum Gasteiger partial charge on any atom is 0.239 e. The average molecular weight is 284 g/mol. The van der Waals surface area contributed by atoms with Gasteiger partial charge >= 0.3 is 0 Å². The zero-order chi connectivity index (χ0) is 14.6. The van der Waals surface area contributed by atoms with Crippen molar-refractivity contribution in [3.63, 3.8) is 0 Å². The van der Waals surface area contributed by atoms with Crippen molar-refractivity contribution in [2.75, 3.05) is 24.2 Å². The molecule has 3 N–H and O–H groups in total. The molecule has 0 heterocycles. The Balaban J connectivity index is 2.66. The van der Waals surface area contributed by atoms with Gasteiger partial charge in [-0.3, -0.25) is 4.79 Å². The van der Waals surface area contributed by atoms with Crippen molar-refractivity contribution in [1.29, 1.82) is 0 Å². The molecular weight excluding hydrogens is 262 g/mol. The van der Waals surface area contributed by atoms with E-state index in [1.807, 2.05) is 14.0 Å². The Morgan fingerprint density at radius 2 is 2.05 bits per heavy atom. The number of rotatable bonds is 5. The van der Waals surface area contributed by atoms with E-state index in [9.17, 15) is 4.79 Å². The van der Waals surface area contributed by atoms with Gasteiger partial charge in [0.25, 0.3) is 0 Å². The molecule has 0 spiro atoms. The lowest BCUT2D eigenvalue weighted by Gasteiger charge is -2.23. The van der Waals surface area contributed by atoms with Crippen LogP contribution in [0.15, 0.2) is 18.2 Å². The van der Waals surface area contributed by atoms with Crippen LogP contribution in [0.5, 0.6) is 0 Å². The number of nitrogens with two attached hydrogens (primary N) is 1. The van der Waals surface area contributed by atoms with Crippen molar-refractivity contribution in [2.24, 2.45) is 5.92 Å². The number of nitrogens with zero attached hydrogens (tertiary/aromatic N) is 1.